The molecule has 3 N–H and O–H groups in total. The molecule has 0 aliphatic heterocycles. The van der Waals surface area contributed by atoms with E-state index in [1.54, 1.807) is 19.1 Å². The SMILES string of the molecule is CCNC(=O)CN(C)S(=O)(=O)c1cccc(N)c1. The molecule has 1 rings (SSSR count). The van der Waals surface area contributed by atoms with E-state index in [0.717, 1.165) is 4.31 Å². The van der Waals surface area contributed by atoms with E-state index in [4.69, 9.17) is 5.73 Å². The maximum atomic E-state index is 12.1. The lowest BCUT2D eigenvalue weighted by Gasteiger charge is -2.16. The Morgan fingerprint density at radius 3 is 2.67 bits per heavy atom. The first-order valence-electron chi connectivity index (χ1n) is 5.46. The molecule has 1 aromatic rings. The topological polar surface area (TPSA) is 92.5 Å². The van der Waals surface area contributed by atoms with Crippen LogP contribution in [-0.4, -0.2) is 38.8 Å². The quantitative estimate of drug-likeness (QED) is 0.739. The van der Waals surface area contributed by atoms with Gasteiger partial charge in [0.25, 0.3) is 0 Å². The number of nitrogens with two attached hydrogens (primary N) is 1. The summed E-state index contributed by atoms with van der Waals surface area (Å²) in [5.41, 5.74) is 5.91. The summed E-state index contributed by atoms with van der Waals surface area (Å²) in [6, 6.07) is 5.97. The highest BCUT2D eigenvalue weighted by atomic mass is 32.2. The third-order valence-corrected chi connectivity index (χ3v) is 4.11. The second kappa shape index (κ2) is 5.83. The Labute approximate surface area is 107 Å². The minimum absolute atomic E-state index is 0.0781. The lowest BCUT2D eigenvalue weighted by atomic mass is 10.3. The number of rotatable bonds is 5. The Kier molecular flexibility index (Phi) is 4.69. The smallest absolute Gasteiger partial charge is 0.243 e. The van der Waals surface area contributed by atoms with Gasteiger partial charge in [-0.3, -0.25) is 4.79 Å². The van der Waals surface area contributed by atoms with Gasteiger partial charge in [-0.2, -0.15) is 4.31 Å². The molecule has 0 aromatic heterocycles. The van der Waals surface area contributed by atoms with Gasteiger partial charge < -0.3 is 11.1 Å². The molecule has 0 spiro atoms. The monoisotopic (exact) mass is 271 g/mol. The molecule has 1 amide bonds. The minimum Gasteiger partial charge on any atom is -0.399 e. The van der Waals surface area contributed by atoms with Crippen molar-refractivity contribution in [1.29, 1.82) is 0 Å². The molecule has 0 saturated heterocycles. The highest BCUT2D eigenvalue weighted by Gasteiger charge is 2.22. The first-order chi connectivity index (χ1) is 8.37. The van der Waals surface area contributed by atoms with Crippen molar-refractivity contribution in [3.63, 3.8) is 0 Å². The number of carbonyl (C=O) groups is 1. The number of likely N-dealkylation sites (N-methyl/N-ethyl adjacent to an activating group) is 2. The van der Waals surface area contributed by atoms with Gasteiger partial charge in [0.1, 0.15) is 0 Å². The average molecular weight is 271 g/mol. The number of sulfonamides is 1. The van der Waals surface area contributed by atoms with Gasteiger partial charge in [-0.1, -0.05) is 6.07 Å². The average Bonchev–Trinajstić information content (AvgIpc) is 2.29. The summed E-state index contributed by atoms with van der Waals surface area (Å²) in [5.74, 6) is -0.340. The van der Waals surface area contributed by atoms with E-state index in [-0.39, 0.29) is 17.3 Å². The van der Waals surface area contributed by atoms with E-state index in [2.05, 4.69) is 5.32 Å². The first-order valence-corrected chi connectivity index (χ1v) is 6.90. The number of hydrogen-bond donors (Lipinski definition) is 2. The summed E-state index contributed by atoms with van der Waals surface area (Å²) in [4.78, 5) is 11.4. The predicted molar refractivity (Wildman–Crippen MR) is 69.4 cm³/mol. The zero-order valence-corrected chi connectivity index (χ0v) is 11.2. The zero-order valence-electron chi connectivity index (χ0n) is 10.4. The zero-order chi connectivity index (χ0) is 13.8. The van der Waals surface area contributed by atoms with Crippen LogP contribution >= 0.6 is 0 Å². The molecule has 6 nitrogen and oxygen atoms in total. The normalized spacial score (nSPS) is 11.5. The van der Waals surface area contributed by atoms with Crippen LogP contribution in [0.4, 0.5) is 5.69 Å². The van der Waals surface area contributed by atoms with Crippen molar-refractivity contribution in [2.75, 3.05) is 25.9 Å². The van der Waals surface area contributed by atoms with Gasteiger partial charge in [0, 0.05) is 19.3 Å². The van der Waals surface area contributed by atoms with Crippen LogP contribution in [0, 0.1) is 0 Å². The van der Waals surface area contributed by atoms with Gasteiger partial charge in [0.05, 0.1) is 11.4 Å². The van der Waals surface area contributed by atoms with Crippen molar-refractivity contribution in [3.8, 4) is 0 Å². The minimum atomic E-state index is -3.68. The van der Waals surface area contributed by atoms with Crippen LogP contribution in [0.5, 0.6) is 0 Å². The van der Waals surface area contributed by atoms with E-state index >= 15 is 0 Å². The van der Waals surface area contributed by atoms with E-state index in [1.807, 2.05) is 0 Å². The summed E-state index contributed by atoms with van der Waals surface area (Å²) in [6.07, 6.45) is 0. The molecule has 0 radical (unpaired) electrons. The van der Waals surface area contributed by atoms with Gasteiger partial charge in [0.15, 0.2) is 0 Å². The Hall–Kier alpha value is -1.60. The predicted octanol–water partition coefficient (Wildman–Crippen LogP) is 0.0254. The Balaban J connectivity index is 2.90. The summed E-state index contributed by atoms with van der Waals surface area (Å²) in [7, 11) is -2.33. The fourth-order valence-electron chi connectivity index (χ4n) is 1.40. The van der Waals surface area contributed by atoms with Crippen LogP contribution in [0.1, 0.15) is 6.92 Å². The molecular weight excluding hydrogens is 254 g/mol. The second-order valence-corrected chi connectivity index (χ2v) is 5.83. The Bertz CT molecular complexity index is 528. The third-order valence-electron chi connectivity index (χ3n) is 2.31. The number of carbonyl (C=O) groups excluding carboxylic acids is 1. The van der Waals surface area contributed by atoms with Crippen molar-refractivity contribution in [3.05, 3.63) is 24.3 Å². The molecule has 0 atom stereocenters. The molecule has 0 aliphatic carbocycles. The van der Waals surface area contributed by atoms with Gasteiger partial charge in [-0.05, 0) is 25.1 Å². The molecule has 0 aliphatic rings. The fraction of sp³-hybridized carbons (Fsp3) is 0.364. The number of anilines is 1. The molecule has 1 aromatic carbocycles. The van der Waals surface area contributed by atoms with Crippen LogP contribution in [0.25, 0.3) is 0 Å². The number of nitrogens with zero attached hydrogens (tertiary/aromatic N) is 1. The van der Waals surface area contributed by atoms with E-state index < -0.39 is 10.0 Å². The molecule has 0 fully saturated rings. The molecule has 0 unspecified atom stereocenters. The second-order valence-electron chi connectivity index (χ2n) is 3.79. The first kappa shape index (κ1) is 14.5. The van der Waals surface area contributed by atoms with Crippen molar-refractivity contribution in [2.45, 2.75) is 11.8 Å². The molecular formula is C11H17N3O3S. The number of hydrogen-bond acceptors (Lipinski definition) is 4. The maximum Gasteiger partial charge on any atom is 0.243 e. The molecule has 100 valence electrons. The standard InChI is InChI=1S/C11H17N3O3S/c1-3-13-11(15)8-14(2)18(16,17)10-6-4-5-9(12)7-10/h4-7H,3,8,12H2,1-2H3,(H,13,15). The third kappa shape index (κ3) is 3.44. The van der Waals surface area contributed by atoms with Gasteiger partial charge in [-0.25, -0.2) is 8.42 Å². The molecule has 0 bridgehead atoms. The van der Waals surface area contributed by atoms with Crippen LogP contribution in [0.15, 0.2) is 29.2 Å². The number of nitrogens with one attached hydrogen (secondary N) is 1. The largest absolute Gasteiger partial charge is 0.399 e. The van der Waals surface area contributed by atoms with Crippen molar-refractivity contribution in [2.24, 2.45) is 0 Å². The lowest BCUT2D eigenvalue weighted by molar-refractivity contribution is -0.121. The van der Waals surface area contributed by atoms with Crippen LogP contribution in [0.3, 0.4) is 0 Å². The van der Waals surface area contributed by atoms with Gasteiger partial charge >= 0.3 is 0 Å². The number of nitrogen functional groups attached to an aromatic ring is 1. The van der Waals surface area contributed by atoms with Crippen LogP contribution < -0.4 is 11.1 Å². The highest BCUT2D eigenvalue weighted by Crippen LogP contribution is 2.16. The summed E-state index contributed by atoms with van der Waals surface area (Å²) in [5, 5.41) is 2.54. The van der Waals surface area contributed by atoms with E-state index in [1.165, 1.54) is 19.2 Å². The maximum absolute atomic E-state index is 12.1. The van der Waals surface area contributed by atoms with Gasteiger partial charge in [0.2, 0.25) is 15.9 Å². The lowest BCUT2D eigenvalue weighted by Crippen LogP contribution is -2.38. The summed E-state index contributed by atoms with van der Waals surface area (Å²) >= 11 is 0. The fourth-order valence-corrected chi connectivity index (χ4v) is 2.58. The molecule has 0 saturated carbocycles. The van der Waals surface area contributed by atoms with Gasteiger partial charge in [-0.15, -0.1) is 0 Å². The Morgan fingerprint density at radius 1 is 1.44 bits per heavy atom. The van der Waals surface area contributed by atoms with Crippen molar-refractivity contribution < 1.29 is 13.2 Å². The molecule has 7 heteroatoms. The molecule has 18 heavy (non-hydrogen) atoms. The number of benzene rings is 1. The van der Waals surface area contributed by atoms with Crippen molar-refractivity contribution >= 4 is 21.6 Å². The highest BCUT2D eigenvalue weighted by molar-refractivity contribution is 7.89. The Morgan fingerprint density at radius 2 is 2.11 bits per heavy atom. The van der Waals surface area contributed by atoms with Crippen molar-refractivity contribution in [1.82, 2.24) is 9.62 Å². The van der Waals surface area contributed by atoms with Crippen LogP contribution in [-0.2, 0) is 14.8 Å². The summed E-state index contributed by atoms with van der Waals surface area (Å²) in [6.45, 7) is 2.01. The van der Waals surface area contributed by atoms with E-state index in [0.29, 0.717) is 12.2 Å². The molecule has 0 heterocycles. The summed E-state index contributed by atoms with van der Waals surface area (Å²) < 4.78 is 25.2. The number of amides is 1. The van der Waals surface area contributed by atoms with E-state index in [9.17, 15) is 13.2 Å². The van der Waals surface area contributed by atoms with Crippen LogP contribution in [0.2, 0.25) is 0 Å².